The molecule has 2 aromatic heterocycles. The molecule has 2 N–H and O–H groups in total. The molecular formula is C34H40N6O8. The van der Waals surface area contributed by atoms with E-state index in [-0.39, 0.29) is 11.6 Å². The smallest absolute Gasteiger partial charge is 0.435 e. The van der Waals surface area contributed by atoms with E-state index >= 15 is 0 Å². The van der Waals surface area contributed by atoms with E-state index in [1.54, 1.807) is 104 Å². The fourth-order valence-electron chi connectivity index (χ4n) is 4.68. The Morgan fingerprint density at radius 3 is 1.17 bits per heavy atom. The summed E-state index contributed by atoms with van der Waals surface area (Å²) in [6, 6.07) is 13.8. The Kier molecular flexibility index (Phi) is 9.97. The highest BCUT2D eigenvalue weighted by Crippen LogP contribution is 2.34. The molecule has 4 aromatic rings. The van der Waals surface area contributed by atoms with Gasteiger partial charge in [-0.3, -0.25) is 9.59 Å². The molecule has 14 heteroatoms. The van der Waals surface area contributed by atoms with Crippen LogP contribution in [0.5, 0.6) is 11.5 Å². The van der Waals surface area contributed by atoms with Crippen molar-refractivity contribution in [1.82, 2.24) is 19.6 Å². The molecule has 254 valence electrons. The standard InChI is InChI=1S/C34H40N6O8/c1-19-25(21-11-15-23(45-9)16-12-21)27(37-39(19)31(43)47-33(3,4)5)35-29(41)30(42)36-28-26(22-13-17-24(46-10)18-14-22)20(2)40(38-28)32(44)48-34(6,7)8/h11-18H,1-10H3,(H,35,37,41)(H,36,38,42). The van der Waals surface area contributed by atoms with E-state index in [0.717, 1.165) is 9.36 Å². The van der Waals surface area contributed by atoms with Crippen molar-refractivity contribution < 1.29 is 38.1 Å². The van der Waals surface area contributed by atoms with Gasteiger partial charge in [0.25, 0.3) is 0 Å². The summed E-state index contributed by atoms with van der Waals surface area (Å²) < 4.78 is 23.6. The molecule has 0 saturated heterocycles. The summed E-state index contributed by atoms with van der Waals surface area (Å²) in [5, 5.41) is 13.7. The second-order valence-electron chi connectivity index (χ2n) is 12.8. The normalized spacial score (nSPS) is 11.5. The number of hydrogen-bond acceptors (Lipinski definition) is 10. The fraction of sp³-hybridized carbons (Fsp3) is 0.353. The Morgan fingerprint density at radius 1 is 0.583 bits per heavy atom. The molecule has 0 spiro atoms. The lowest BCUT2D eigenvalue weighted by molar-refractivity contribution is -0.133. The third kappa shape index (κ3) is 8.00. The van der Waals surface area contributed by atoms with E-state index in [1.807, 2.05) is 0 Å². The minimum Gasteiger partial charge on any atom is -0.497 e. The van der Waals surface area contributed by atoms with E-state index in [4.69, 9.17) is 18.9 Å². The highest BCUT2D eigenvalue weighted by atomic mass is 16.6. The molecule has 0 atom stereocenters. The first-order valence-electron chi connectivity index (χ1n) is 15.0. The van der Waals surface area contributed by atoms with Crippen LogP contribution in [0.15, 0.2) is 48.5 Å². The minimum atomic E-state index is -1.11. The van der Waals surface area contributed by atoms with Crippen LogP contribution in [0.2, 0.25) is 0 Å². The van der Waals surface area contributed by atoms with Crippen LogP contribution in [-0.2, 0) is 19.1 Å². The predicted molar refractivity (Wildman–Crippen MR) is 178 cm³/mol. The zero-order valence-electron chi connectivity index (χ0n) is 28.7. The van der Waals surface area contributed by atoms with Crippen molar-refractivity contribution in [2.75, 3.05) is 24.9 Å². The van der Waals surface area contributed by atoms with Crippen molar-refractivity contribution in [3.05, 3.63) is 59.9 Å². The second kappa shape index (κ2) is 13.6. The van der Waals surface area contributed by atoms with Gasteiger partial charge in [0.1, 0.15) is 22.7 Å². The summed E-state index contributed by atoms with van der Waals surface area (Å²) in [6.07, 6.45) is -1.54. The monoisotopic (exact) mass is 660 g/mol. The van der Waals surface area contributed by atoms with E-state index in [9.17, 15) is 19.2 Å². The molecule has 0 aliphatic carbocycles. The number of aromatic nitrogens is 4. The number of rotatable bonds is 6. The van der Waals surface area contributed by atoms with Crippen molar-refractivity contribution in [3.63, 3.8) is 0 Å². The third-order valence-corrected chi connectivity index (χ3v) is 6.79. The van der Waals surface area contributed by atoms with Crippen LogP contribution in [0.4, 0.5) is 21.2 Å². The molecule has 2 aromatic carbocycles. The van der Waals surface area contributed by atoms with Crippen molar-refractivity contribution in [2.45, 2.75) is 66.6 Å². The highest BCUT2D eigenvalue weighted by Gasteiger charge is 2.29. The maximum atomic E-state index is 13.4. The Labute approximate surface area is 278 Å². The Hall–Kier alpha value is -5.66. The molecule has 0 aliphatic heterocycles. The number of nitrogens with one attached hydrogen (secondary N) is 2. The van der Waals surface area contributed by atoms with Crippen molar-refractivity contribution in [3.8, 4) is 33.8 Å². The third-order valence-electron chi connectivity index (χ3n) is 6.79. The molecule has 14 nitrogen and oxygen atoms in total. The average Bonchev–Trinajstić information content (AvgIpc) is 3.51. The molecular weight excluding hydrogens is 620 g/mol. The van der Waals surface area contributed by atoms with Gasteiger partial charge in [0, 0.05) is 11.1 Å². The van der Waals surface area contributed by atoms with Crippen molar-refractivity contribution in [1.29, 1.82) is 0 Å². The molecule has 0 fully saturated rings. The molecule has 0 unspecified atom stereocenters. The number of hydrogen-bond donors (Lipinski definition) is 2. The van der Waals surface area contributed by atoms with Crippen LogP contribution in [0.1, 0.15) is 52.9 Å². The number of carbonyl (C=O) groups is 4. The molecule has 0 aliphatic rings. The predicted octanol–water partition coefficient (Wildman–Crippen LogP) is 6.19. The maximum Gasteiger partial charge on any atom is 0.435 e. The highest BCUT2D eigenvalue weighted by molar-refractivity contribution is 6.44. The minimum absolute atomic E-state index is 0.0606. The summed E-state index contributed by atoms with van der Waals surface area (Å²) >= 11 is 0. The van der Waals surface area contributed by atoms with E-state index < -0.39 is 35.2 Å². The lowest BCUT2D eigenvalue weighted by atomic mass is 10.1. The van der Waals surface area contributed by atoms with Gasteiger partial charge in [-0.25, -0.2) is 9.59 Å². The van der Waals surface area contributed by atoms with E-state index in [0.29, 0.717) is 45.1 Å². The molecule has 48 heavy (non-hydrogen) atoms. The lowest BCUT2D eigenvalue weighted by Gasteiger charge is -2.19. The molecule has 0 radical (unpaired) electrons. The number of ether oxygens (including phenoxy) is 4. The number of amides is 2. The van der Waals surface area contributed by atoms with Crippen molar-refractivity contribution in [2.24, 2.45) is 0 Å². The van der Waals surface area contributed by atoms with Crippen LogP contribution in [0, 0.1) is 13.8 Å². The zero-order valence-corrected chi connectivity index (χ0v) is 28.7. The van der Waals surface area contributed by atoms with Gasteiger partial charge in [-0.15, -0.1) is 10.2 Å². The van der Waals surface area contributed by atoms with Gasteiger partial charge in [-0.1, -0.05) is 24.3 Å². The topological polar surface area (TPSA) is 165 Å². The average molecular weight is 661 g/mol. The maximum absolute atomic E-state index is 13.4. The van der Waals surface area contributed by atoms with Crippen LogP contribution >= 0.6 is 0 Å². The second-order valence-corrected chi connectivity index (χ2v) is 12.8. The summed E-state index contributed by atoms with van der Waals surface area (Å²) in [6.45, 7) is 13.6. The SMILES string of the molecule is COc1ccc(-c2c(NC(=O)C(=O)Nc3nn(C(=O)OC(C)(C)C)c(C)c3-c3ccc(OC)cc3)nn(C(=O)OC(C)(C)C)c2C)cc1. The molecule has 4 rings (SSSR count). The number of nitrogens with zero attached hydrogens (tertiary/aromatic N) is 4. The van der Waals surface area contributed by atoms with Crippen LogP contribution in [0.25, 0.3) is 22.3 Å². The summed E-state index contributed by atoms with van der Waals surface area (Å²) in [7, 11) is 3.06. The first kappa shape index (κ1) is 35.2. The summed E-state index contributed by atoms with van der Waals surface area (Å²) in [4.78, 5) is 52.9. The number of methoxy groups -OCH3 is 2. The van der Waals surface area contributed by atoms with E-state index in [2.05, 4.69) is 20.8 Å². The van der Waals surface area contributed by atoms with E-state index in [1.165, 1.54) is 14.2 Å². The van der Waals surface area contributed by atoms with Gasteiger partial charge in [-0.2, -0.15) is 9.36 Å². The number of anilines is 2. The number of carbonyl (C=O) groups excluding carboxylic acids is 4. The van der Waals surface area contributed by atoms with Gasteiger partial charge in [-0.05, 0) is 90.8 Å². The van der Waals surface area contributed by atoms with Gasteiger partial charge < -0.3 is 29.6 Å². The molecule has 0 saturated carbocycles. The Balaban J connectivity index is 1.71. The van der Waals surface area contributed by atoms with Crippen LogP contribution in [0.3, 0.4) is 0 Å². The van der Waals surface area contributed by atoms with Crippen molar-refractivity contribution >= 4 is 35.6 Å². The molecule has 2 amide bonds. The summed E-state index contributed by atoms with van der Waals surface area (Å²) in [5.41, 5.74) is 1.03. The quantitative estimate of drug-likeness (QED) is 0.228. The first-order valence-corrected chi connectivity index (χ1v) is 15.0. The number of benzene rings is 2. The van der Waals surface area contributed by atoms with Gasteiger partial charge in [0.15, 0.2) is 11.6 Å². The Bertz CT molecular complexity index is 1710. The van der Waals surface area contributed by atoms with Gasteiger partial charge in [0.2, 0.25) is 0 Å². The van der Waals surface area contributed by atoms with Gasteiger partial charge >= 0.3 is 24.0 Å². The molecule has 0 bridgehead atoms. The first-order chi connectivity index (χ1) is 22.4. The zero-order chi connectivity index (χ0) is 35.6. The van der Waals surface area contributed by atoms with Crippen LogP contribution < -0.4 is 20.1 Å². The van der Waals surface area contributed by atoms with Gasteiger partial charge in [0.05, 0.1) is 25.6 Å². The van der Waals surface area contributed by atoms with Crippen LogP contribution in [-0.4, -0.2) is 69.0 Å². The largest absolute Gasteiger partial charge is 0.497 e. The molecule has 2 heterocycles. The fourth-order valence-corrected chi connectivity index (χ4v) is 4.68. The lowest BCUT2D eigenvalue weighted by Crippen LogP contribution is -2.31. The summed E-state index contributed by atoms with van der Waals surface area (Å²) in [5.74, 6) is -1.15. The Morgan fingerprint density at radius 2 is 0.896 bits per heavy atom.